The van der Waals surface area contributed by atoms with E-state index in [-0.39, 0.29) is 5.69 Å². The molecule has 1 amide bonds. The number of halogens is 4. The topological polar surface area (TPSA) is 55.4 Å². The van der Waals surface area contributed by atoms with Gasteiger partial charge in [-0.3, -0.25) is 4.79 Å². The van der Waals surface area contributed by atoms with Crippen molar-refractivity contribution in [1.29, 1.82) is 0 Å². The number of ether oxygens (including phenoxy) is 1. The monoisotopic (exact) mass is 295 g/mol. The number of hydrogen-bond acceptors (Lipinski definition) is 3. The van der Waals surface area contributed by atoms with E-state index in [0.29, 0.717) is 6.07 Å². The second-order valence-electron chi connectivity index (χ2n) is 3.55. The van der Waals surface area contributed by atoms with Crippen LogP contribution in [0.15, 0.2) is 12.1 Å². The quantitative estimate of drug-likeness (QED) is 0.853. The van der Waals surface area contributed by atoms with Gasteiger partial charge in [0.2, 0.25) is 5.91 Å². The van der Waals surface area contributed by atoms with Gasteiger partial charge in [0.25, 0.3) is 0 Å². The summed E-state index contributed by atoms with van der Waals surface area (Å²) in [7, 11) is 1.02. The summed E-state index contributed by atoms with van der Waals surface area (Å²) in [5.74, 6) is -1.56. The molecule has 1 aromatic rings. The van der Waals surface area contributed by atoms with Crippen molar-refractivity contribution in [3.05, 3.63) is 28.3 Å². The van der Waals surface area contributed by atoms with Crippen LogP contribution < -0.4 is 5.32 Å². The lowest BCUT2D eigenvalue weighted by Crippen LogP contribution is -2.15. The van der Waals surface area contributed by atoms with E-state index in [9.17, 15) is 22.8 Å². The molecule has 0 aromatic heterocycles. The maximum Gasteiger partial charge on any atom is 0.417 e. The van der Waals surface area contributed by atoms with Crippen molar-refractivity contribution in [3.8, 4) is 0 Å². The van der Waals surface area contributed by atoms with Gasteiger partial charge >= 0.3 is 12.1 Å². The highest BCUT2D eigenvalue weighted by atomic mass is 35.5. The lowest BCUT2D eigenvalue weighted by molar-refractivity contribution is -0.137. The zero-order chi connectivity index (χ0) is 14.8. The lowest BCUT2D eigenvalue weighted by Gasteiger charge is -2.14. The van der Waals surface area contributed by atoms with Crippen LogP contribution in [0, 0.1) is 0 Å². The Balaban J connectivity index is 3.45. The molecule has 8 heteroatoms. The first kappa shape index (κ1) is 15.3. The van der Waals surface area contributed by atoms with Crippen molar-refractivity contribution in [2.75, 3.05) is 12.4 Å². The van der Waals surface area contributed by atoms with Crippen molar-refractivity contribution >= 4 is 29.2 Å². The number of amides is 1. The summed E-state index contributed by atoms with van der Waals surface area (Å²) >= 11 is 5.49. The number of alkyl halides is 3. The van der Waals surface area contributed by atoms with Crippen LogP contribution in [0.25, 0.3) is 0 Å². The van der Waals surface area contributed by atoms with Crippen molar-refractivity contribution in [1.82, 2.24) is 0 Å². The molecule has 0 saturated heterocycles. The Kier molecular flexibility index (Phi) is 4.41. The Hall–Kier alpha value is -1.76. The molecule has 0 unspecified atom stereocenters. The number of rotatable bonds is 2. The molecule has 1 N–H and O–H groups in total. The molecule has 0 radical (unpaired) electrons. The molecule has 0 aliphatic heterocycles. The molecule has 0 aliphatic carbocycles. The van der Waals surface area contributed by atoms with E-state index in [1.807, 2.05) is 0 Å². The molecule has 104 valence electrons. The molecule has 1 aromatic carbocycles. The van der Waals surface area contributed by atoms with Crippen LogP contribution in [0.1, 0.15) is 22.8 Å². The fourth-order valence-corrected chi connectivity index (χ4v) is 1.63. The highest BCUT2D eigenvalue weighted by Gasteiger charge is 2.35. The van der Waals surface area contributed by atoms with Gasteiger partial charge in [0.05, 0.1) is 28.9 Å². The molecule has 1 rings (SSSR count). The number of methoxy groups -OCH3 is 1. The molecule has 0 fully saturated rings. The number of esters is 1. The molecule has 4 nitrogen and oxygen atoms in total. The van der Waals surface area contributed by atoms with Crippen LogP contribution in [0.5, 0.6) is 0 Å². The number of hydrogen-bond donors (Lipinski definition) is 1. The third kappa shape index (κ3) is 3.60. The molecule has 19 heavy (non-hydrogen) atoms. The third-order valence-corrected chi connectivity index (χ3v) is 2.44. The Bertz CT molecular complexity index is 529. The van der Waals surface area contributed by atoms with Crippen LogP contribution in [0.4, 0.5) is 18.9 Å². The second kappa shape index (κ2) is 5.48. The summed E-state index contributed by atoms with van der Waals surface area (Å²) < 4.78 is 42.4. The van der Waals surface area contributed by atoms with Crippen molar-refractivity contribution in [3.63, 3.8) is 0 Å². The summed E-state index contributed by atoms with van der Waals surface area (Å²) in [6, 6.07) is 1.40. The van der Waals surface area contributed by atoms with E-state index >= 15 is 0 Å². The number of benzene rings is 1. The average Bonchev–Trinajstić information content (AvgIpc) is 2.25. The molecule has 0 atom stereocenters. The predicted molar refractivity (Wildman–Crippen MR) is 62.1 cm³/mol. The molecule has 0 bridgehead atoms. The van der Waals surface area contributed by atoms with Crippen molar-refractivity contribution in [2.24, 2.45) is 0 Å². The molecule has 0 aliphatic rings. The smallest absolute Gasteiger partial charge is 0.417 e. The fraction of sp³-hybridized carbons (Fsp3) is 0.273. The zero-order valence-electron chi connectivity index (χ0n) is 9.89. The van der Waals surface area contributed by atoms with Crippen LogP contribution in [-0.2, 0) is 15.7 Å². The lowest BCUT2D eigenvalue weighted by atomic mass is 10.1. The highest BCUT2D eigenvalue weighted by Crippen LogP contribution is 2.37. The first-order valence-corrected chi connectivity index (χ1v) is 5.31. The maximum absolute atomic E-state index is 12.7. The summed E-state index contributed by atoms with van der Waals surface area (Å²) in [5.41, 5.74) is -1.74. The van der Waals surface area contributed by atoms with E-state index in [0.717, 1.165) is 20.1 Å². The van der Waals surface area contributed by atoms with Crippen molar-refractivity contribution in [2.45, 2.75) is 13.1 Å². The van der Waals surface area contributed by atoms with Crippen LogP contribution in [0.2, 0.25) is 5.02 Å². The van der Waals surface area contributed by atoms with E-state index in [2.05, 4.69) is 10.1 Å². The Labute approximate surface area is 111 Å². The van der Waals surface area contributed by atoms with Gasteiger partial charge in [0, 0.05) is 6.92 Å². The molecule has 0 saturated carbocycles. The van der Waals surface area contributed by atoms with Gasteiger partial charge < -0.3 is 10.1 Å². The van der Waals surface area contributed by atoms with Crippen LogP contribution in [-0.4, -0.2) is 19.0 Å². The second-order valence-corrected chi connectivity index (χ2v) is 3.96. The van der Waals surface area contributed by atoms with Gasteiger partial charge in [-0.1, -0.05) is 11.6 Å². The van der Waals surface area contributed by atoms with Crippen LogP contribution >= 0.6 is 11.6 Å². The number of carbonyl (C=O) groups is 2. The predicted octanol–water partition coefficient (Wildman–Crippen LogP) is 3.10. The Morgan fingerprint density at radius 3 is 2.32 bits per heavy atom. The van der Waals surface area contributed by atoms with E-state index in [1.54, 1.807) is 0 Å². The molecule has 0 heterocycles. The SMILES string of the molecule is COC(=O)c1cc(C(F)(F)F)c(Cl)cc1NC(C)=O. The van der Waals surface area contributed by atoms with Crippen molar-refractivity contribution < 1.29 is 27.5 Å². The maximum atomic E-state index is 12.7. The first-order valence-electron chi connectivity index (χ1n) is 4.93. The standard InChI is InChI=1S/C11H9ClF3NO3/c1-5(17)16-9-4-8(12)7(11(13,14)15)3-6(9)10(18)19-2/h3-4H,1-2H3,(H,16,17). The highest BCUT2D eigenvalue weighted by molar-refractivity contribution is 6.32. The minimum absolute atomic E-state index is 0.141. The van der Waals surface area contributed by atoms with Gasteiger partial charge in [-0.15, -0.1) is 0 Å². The summed E-state index contributed by atoms with van der Waals surface area (Å²) in [6.45, 7) is 1.15. The summed E-state index contributed by atoms with van der Waals surface area (Å²) in [4.78, 5) is 22.4. The van der Waals surface area contributed by atoms with Gasteiger partial charge in [-0.2, -0.15) is 13.2 Å². The van der Waals surface area contributed by atoms with E-state index in [4.69, 9.17) is 11.6 Å². The summed E-state index contributed by atoms with van der Waals surface area (Å²) in [6.07, 6.45) is -4.71. The number of carbonyl (C=O) groups excluding carboxylic acids is 2. The van der Waals surface area contributed by atoms with Gasteiger partial charge in [-0.05, 0) is 12.1 Å². The summed E-state index contributed by atoms with van der Waals surface area (Å²) in [5, 5.41) is 1.60. The van der Waals surface area contributed by atoms with Crippen LogP contribution in [0.3, 0.4) is 0 Å². The van der Waals surface area contributed by atoms with Gasteiger partial charge in [-0.25, -0.2) is 4.79 Å². The Morgan fingerprint density at radius 2 is 1.89 bits per heavy atom. The molecular weight excluding hydrogens is 287 g/mol. The van der Waals surface area contributed by atoms with Gasteiger partial charge in [0.15, 0.2) is 0 Å². The number of nitrogens with one attached hydrogen (secondary N) is 1. The number of anilines is 1. The molecule has 0 spiro atoms. The Morgan fingerprint density at radius 1 is 1.32 bits per heavy atom. The van der Waals surface area contributed by atoms with Gasteiger partial charge in [0.1, 0.15) is 0 Å². The fourth-order valence-electron chi connectivity index (χ4n) is 1.36. The largest absolute Gasteiger partial charge is 0.465 e. The zero-order valence-corrected chi connectivity index (χ0v) is 10.6. The first-order chi connectivity index (χ1) is 8.66. The molecular formula is C11H9ClF3NO3. The average molecular weight is 296 g/mol. The third-order valence-electron chi connectivity index (χ3n) is 2.13. The minimum Gasteiger partial charge on any atom is -0.465 e. The van der Waals surface area contributed by atoms with E-state index < -0.39 is 34.2 Å². The van der Waals surface area contributed by atoms with E-state index in [1.165, 1.54) is 0 Å². The normalized spacial score (nSPS) is 11.1. The minimum atomic E-state index is -4.71.